The molecule has 1 saturated heterocycles. The van der Waals surface area contributed by atoms with Crippen molar-refractivity contribution in [2.75, 3.05) is 13.1 Å². The smallest absolute Gasteiger partial charge is 0.425 e. The van der Waals surface area contributed by atoms with Gasteiger partial charge in [-0.1, -0.05) is 0 Å². The van der Waals surface area contributed by atoms with E-state index in [0.717, 1.165) is 32.6 Å². The minimum atomic E-state index is -4.57. The number of amides is 1. The first-order valence-corrected chi connectivity index (χ1v) is 10.3. The summed E-state index contributed by atoms with van der Waals surface area (Å²) in [5.74, 6) is 0.244. The number of nitrogens with zero attached hydrogens (tertiary/aromatic N) is 4. The molecule has 1 aliphatic carbocycles. The van der Waals surface area contributed by atoms with Crippen LogP contribution in [0.15, 0.2) is 12.4 Å². The van der Waals surface area contributed by atoms with Crippen molar-refractivity contribution in [1.82, 2.24) is 14.9 Å². The number of hydrogen-bond acceptors (Lipinski definition) is 7. The van der Waals surface area contributed by atoms with Gasteiger partial charge in [-0.05, 0) is 45.4 Å². The Kier molecular flexibility index (Phi) is 7.54. The predicted molar refractivity (Wildman–Crippen MR) is 101 cm³/mol. The maximum atomic E-state index is 12.5. The molecule has 1 saturated carbocycles. The first-order valence-electron chi connectivity index (χ1n) is 10.3. The van der Waals surface area contributed by atoms with Gasteiger partial charge in [0.15, 0.2) is 6.10 Å². The zero-order chi connectivity index (χ0) is 22.4. The molecule has 170 valence electrons. The quantitative estimate of drug-likeness (QED) is 0.687. The van der Waals surface area contributed by atoms with Crippen molar-refractivity contribution in [3.63, 3.8) is 0 Å². The monoisotopic (exact) mass is 442 g/mol. The molecule has 1 unspecified atom stereocenters. The van der Waals surface area contributed by atoms with Crippen LogP contribution < -0.4 is 4.74 Å². The fourth-order valence-corrected chi connectivity index (χ4v) is 3.67. The number of carbonyl (C=O) groups excluding carboxylic acids is 1. The molecule has 3 rings (SSSR count). The molecular formula is C20H25F3N4O4. The Labute approximate surface area is 178 Å². The molecule has 0 aromatic carbocycles. The number of alkyl halides is 3. The summed E-state index contributed by atoms with van der Waals surface area (Å²) in [4.78, 5) is 21.2. The Balaban J connectivity index is 1.37. The summed E-state index contributed by atoms with van der Waals surface area (Å²) in [5.41, 5.74) is 0.163. The molecule has 11 heteroatoms. The lowest BCUT2D eigenvalue weighted by Crippen LogP contribution is -2.44. The van der Waals surface area contributed by atoms with Gasteiger partial charge < -0.3 is 19.1 Å². The molecule has 1 aliphatic heterocycles. The zero-order valence-electron chi connectivity index (χ0n) is 17.2. The Hall–Kier alpha value is -2.61. The zero-order valence-corrected chi connectivity index (χ0v) is 17.2. The van der Waals surface area contributed by atoms with E-state index in [0.29, 0.717) is 25.9 Å². The van der Waals surface area contributed by atoms with E-state index in [4.69, 9.17) is 14.7 Å². The predicted octanol–water partition coefficient (Wildman–Crippen LogP) is 3.61. The number of ether oxygens (including phenoxy) is 3. The summed E-state index contributed by atoms with van der Waals surface area (Å²) in [6.45, 7) is 1.42. The van der Waals surface area contributed by atoms with Gasteiger partial charge in [-0.3, -0.25) is 0 Å². The lowest BCUT2D eigenvalue weighted by Gasteiger charge is -2.36. The van der Waals surface area contributed by atoms with Gasteiger partial charge in [0.25, 0.3) is 5.88 Å². The molecule has 0 N–H and O–H groups in total. The number of aromatic nitrogens is 2. The highest BCUT2D eigenvalue weighted by Crippen LogP contribution is 2.28. The minimum absolute atomic E-state index is 0.0447. The highest BCUT2D eigenvalue weighted by Gasteiger charge is 2.40. The fourth-order valence-electron chi connectivity index (χ4n) is 3.67. The largest absolute Gasteiger partial charge is 0.472 e. The summed E-state index contributed by atoms with van der Waals surface area (Å²) in [6, 6.07) is 1.96. The molecule has 2 heterocycles. The van der Waals surface area contributed by atoms with Gasteiger partial charge in [-0.25, -0.2) is 14.8 Å². The normalized spacial score (nSPS) is 23.6. The first-order chi connectivity index (χ1) is 14.8. The maximum absolute atomic E-state index is 12.5. The summed E-state index contributed by atoms with van der Waals surface area (Å²) in [6.07, 6.45) is -0.556. The van der Waals surface area contributed by atoms with Crippen molar-refractivity contribution in [3.05, 3.63) is 18.1 Å². The summed E-state index contributed by atoms with van der Waals surface area (Å²) in [5, 5.41) is 9.07. The van der Waals surface area contributed by atoms with Gasteiger partial charge in [-0.15, -0.1) is 0 Å². The van der Waals surface area contributed by atoms with Gasteiger partial charge in [0.2, 0.25) is 5.69 Å². The van der Waals surface area contributed by atoms with Gasteiger partial charge >= 0.3 is 12.3 Å². The minimum Gasteiger partial charge on any atom is -0.472 e. The molecule has 2 aliphatic rings. The molecule has 1 amide bonds. The second kappa shape index (κ2) is 10.1. The lowest BCUT2D eigenvalue weighted by atomic mass is 9.94. The van der Waals surface area contributed by atoms with Crippen molar-refractivity contribution in [1.29, 1.82) is 5.26 Å². The molecule has 8 nitrogen and oxygen atoms in total. The number of halogens is 3. The van der Waals surface area contributed by atoms with Gasteiger partial charge in [0, 0.05) is 25.5 Å². The van der Waals surface area contributed by atoms with E-state index < -0.39 is 18.4 Å². The van der Waals surface area contributed by atoms with Crippen LogP contribution in [-0.2, 0) is 9.47 Å². The third kappa shape index (κ3) is 6.43. The number of nitriles is 1. The van der Waals surface area contributed by atoms with E-state index >= 15 is 0 Å². The highest BCUT2D eigenvalue weighted by atomic mass is 19.4. The van der Waals surface area contributed by atoms with Crippen molar-refractivity contribution in [3.8, 4) is 11.9 Å². The second-order valence-electron chi connectivity index (χ2n) is 7.73. The van der Waals surface area contributed by atoms with Crippen LogP contribution in [0.2, 0.25) is 0 Å². The van der Waals surface area contributed by atoms with Crippen LogP contribution in [0, 0.1) is 11.3 Å². The van der Waals surface area contributed by atoms with E-state index in [2.05, 4.69) is 14.7 Å². The van der Waals surface area contributed by atoms with Gasteiger partial charge in [-0.2, -0.15) is 18.4 Å². The molecule has 0 spiro atoms. The molecule has 1 aromatic heterocycles. The molecule has 31 heavy (non-hydrogen) atoms. The fraction of sp³-hybridized carbons (Fsp3) is 0.700. The standard InChI is InChI=1S/C20H25F3N4O4/c1-13(20(21,22)23)29-19(28)27-10-6-16(7-11-27)30-14-2-4-15(5-3-14)31-18-17(12-24)25-8-9-26-18/h8-9,13-16H,2-7,10-11H2,1H3. The molecular weight excluding hydrogens is 417 g/mol. The van der Waals surface area contributed by atoms with Crippen molar-refractivity contribution < 1.29 is 32.2 Å². The second-order valence-corrected chi connectivity index (χ2v) is 7.73. The van der Waals surface area contributed by atoms with Crippen LogP contribution in [0.1, 0.15) is 51.1 Å². The van der Waals surface area contributed by atoms with Crippen LogP contribution >= 0.6 is 0 Å². The number of likely N-dealkylation sites (tertiary alicyclic amines) is 1. The average molecular weight is 442 g/mol. The van der Waals surface area contributed by atoms with E-state index in [1.54, 1.807) is 0 Å². The Morgan fingerprint density at radius 3 is 2.29 bits per heavy atom. The third-order valence-electron chi connectivity index (χ3n) is 5.49. The molecule has 1 atom stereocenters. The van der Waals surface area contributed by atoms with Crippen LogP contribution in [0.25, 0.3) is 0 Å². The molecule has 0 bridgehead atoms. The van der Waals surface area contributed by atoms with Crippen LogP contribution in [0.3, 0.4) is 0 Å². The number of hydrogen-bond donors (Lipinski definition) is 0. The van der Waals surface area contributed by atoms with E-state index in [1.807, 2.05) is 6.07 Å². The third-order valence-corrected chi connectivity index (χ3v) is 5.49. The van der Waals surface area contributed by atoms with Gasteiger partial charge in [0.05, 0.1) is 12.2 Å². The lowest BCUT2D eigenvalue weighted by molar-refractivity contribution is -0.200. The average Bonchev–Trinajstić information content (AvgIpc) is 2.75. The van der Waals surface area contributed by atoms with Gasteiger partial charge in [0.1, 0.15) is 12.2 Å². The first kappa shape index (κ1) is 23.1. The van der Waals surface area contributed by atoms with Crippen LogP contribution in [0.5, 0.6) is 5.88 Å². The summed E-state index contributed by atoms with van der Waals surface area (Å²) >= 11 is 0. The number of rotatable bonds is 5. The number of carbonyl (C=O) groups is 1. The van der Waals surface area contributed by atoms with E-state index in [1.165, 1.54) is 17.3 Å². The topological polar surface area (TPSA) is 97.6 Å². The highest BCUT2D eigenvalue weighted by molar-refractivity contribution is 5.68. The number of piperidine rings is 1. The molecule has 0 radical (unpaired) electrons. The van der Waals surface area contributed by atoms with Crippen molar-refractivity contribution in [2.45, 2.75) is 76.0 Å². The Morgan fingerprint density at radius 2 is 1.68 bits per heavy atom. The van der Waals surface area contributed by atoms with Crippen LogP contribution in [-0.4, -0.2) is 64.6 Å². The van der Waals surface area contributed by atoms with Crippen molar-refractivity contribution in [2.24, 2.45) is 0 Å². The Morgan fingerprint density at radius 1 is 1.10 bits per heavy atom. The van der Waals surface area contributed by atoms with Crippen molar-refractivity contribution >= 4 is 6.09 Å². The van der Waals surface area contributed by atoms with E-state index in [-0.39, 0.29) is 29.9 Å². The molecule has 2 fully saturated rings. The SMILES string of the molecule is CC(OC(=O)N1CCC(OC2CCC(Oc3nccnc3C#N)CC2)CC1)C(F)(F)F. The summed E-state index contributed by atoms with van der Waals surface area (Å²) in [7, 11) is 0. The Bertz CT molecular complexity index is 785. The molecule has 1 aromatic rings. The van der Waals surface area contributed by atoms with Crippen LogP contribution in [0.4, 0.5) is 18.0 Å². The van der Waals surface area contributed by atoms with E-state index in [9.17, 15) is 18.0 Å². The maximum Gasteiger partial charge on any atom is 0.425 e. The summed E-state index contributed by atoms with van der Waals surface area (Å²) < 4.78 is 54.1.